The van der Waals surface area contributed by atoms with E-state index in [0.717, 1.165) is 18.2 Å². The van der Waals surface area contributed by atoms with Gasteiger partial charge in [0.05, 0.1) is 18.7 Å². The molecule has 3 rings (SSSR count). The van der Waals surface area contributed by atoms with E-state index in [1.54, 1.807) is 12.1 Å². The molecule has 0 bridgehead atoms. The van der Waals surface area contributed by atoms with Gasteiger partial charge in [0.1, 0.15) is 11.5 Å². The molecule has 1 atom stereocenters. The Labute approximate surface area is 163 Å². The van der Waals surface area contributed by atoms with Crippen molar-refractivity contribution in [3.05, 3.63) is 65.4 Å². The van der Waals surface area contributed by atoms with Crippen LogP contribution in [0.15, 0.2) is 54.6 Å². The van der Waals surface area contributed by atoms with Gasteiger partial charge in [0.25, 0.3) is 0 Å². The van der Waals surface area contributed by atoms with E-state index in [1.807, 2.05) is 0 Å². The zero-order chi connectivity index (χ0) is 21.2. The van der Waals surface area contributed by atoms with Gasteiger partial charge in [0.15, 0.2) is 6.10 Å². The van der Waals surface area contributed by atoms with E-state index in [4.69, 9.17) is 9.47 Å². The van der Waals surface area contributed by atoms with E-state index >= 15 is 0 Å². The van der Waals surface area contributed by atoms with Gasteiger partial charge in [-0.1, -0.05) is 0 Å². The zero-order valence-electron chi connectivity index (χ0n) is 15.4. The van der Waals surface area contributed by atoms with Crippen molar-refractivity contribution < 1.29 is 36.9 Å². The van der Waals surface area contributed by atoms with Crippen molar-refractivity contribution in [2.75, 3.05) is 7.11 Å². The quantitative estimate of drug-likeness (QED) is 0.360. The van der Waals surface area contributed by atoms with Crippen LogP contribution >= 0.6 is 0 Å². The van der Waals surface area contributed by atoms with Gasteiger partial charge in [-0.05, 0) is 49.4 Å². The standard InChI is InChI=1S/C20H16F3NO5/c1-12(19(25)27-2)28-15-5-7-16(8-6-15)29-18-10-3-13-11-14(20(21,22)23)4-9-17(13)24(18)26/h3-12H,1-2H3. The molecule has 2 aromatic carbocycles. The highest BCUT2D eigenvalue weighted by Gasteiger charge is 2.31. The molecule has 0 saturated heterocycles. The molecule has 0 N–H and O–H groups in total. The summed E-state index contributed by atoms with van der Waals surface area (Å²) in [5.41, 5.74) is -0.794. The number of esters is 1. The Kier molecular flexibility index (Phi) is 5.49. The number of fused-ring (bicyclic) bond motifs is 1. The fraction of sp³-hybridized carbons (Fsp3) is 0.200. The number of nitrogens with zero attached hydrogens (tertiary/aromatic N) is 1. The number of hydrogen-bond donors (Lipinski definition) is 0. The number of hydrogen-bond acceptors (Lipinski definition) is 5. The maximum Gasteiger partial charge on any atom is 0.416 e. The molecule has 6 nitrogen and oxygen atoms in total. The Morgan fingerprint density at radius 1 is 1.03 bits per heavy atom. The van der Waals surface area contributed by atoms with Crippen LogP contribution in [0.1, 0.15) is 12.5 Å². The number of halogens is 3. The average Bonchev–Trinajstić information content (AvgIpc) is 2.69. The summed E-state index contributed by atoms with van der Waals surface area (Å²) in [6.07, 6.45) is -5.29. The number of benzene rings is 2. The molecule has 1 aromatic heterocycles. The van der Waals surface area contributed by atoms with Gasteiger partial charge in [-0.15, -0.1) is 4.73 Å². The topological polar surface area (TPSA) is 71.7 Å². The molecule has 1 heterocycles. The molecule has 0 radical (unpaired) electrons. The summed E-state index contributed by atoms with van der Waals surface area (Å²) in [6, 6.07) is 11.6. The number of methoxy groups -OCH3 is 1. The van der Waals surface area contributed by atoms with Crippen molar-refractivity contribution >= 4 is 16.9 Å². The summed E-state index contributed by atoms with van der Waals surface area (Å²) in [7, 11) is 1.25. The van der Waals surface area contributed by atoms with Crippen LogP contribution in [0.4, 0.5) is 13.2 Å². The Balaban J connectivity index is 1.79. The molecule has 9 heteroatoms. The van der Waals surface area contributed by atoms with Gasteiger partial charge < -0.3 is 19.4 Å². The van der Waals surface area contributed by atoms with Crippen molar-refractivity contribution in [2.45, 2.75) is 19.2 Å². The van der Waals surface area contributed by atoms with Crippen LogP contribution in [0.3, 0.4) is 0 Å². The Hall–Kier alpha value is -3.49. The number of ether oxygens (including phenoxy) is 3. The summed E-state index contributed by atoms with van der Waals surface area (Å²) < 4.78 is 54.4. The second-order valence-electron chi connectivity index (χ2n) is 6.09. The fourth-order valence-electron chi connectivity index (χ4n) is 2.60. The number of aromatic nitrogens is 1. The van der Waals surface area contributed by atoms with Gasteiger partial charge in [0.2, 0.25) is 5.52 Å². The second kappa shape index (κ2) is 7.86. The summed E-state index contributed by atoms with van der Waals surface area (Å²) >= 11 is 0. The van der Waals surface area contributed by atoms with Crippen LogP contribution in [0.2, 0.25) is 0 Å². The van der Waals surface area contributed by atoms with E-state index in [2.05, 4.69) is 4.74 Å². The smallest absolute Gasteiger partial charge is 0.416 e. The minimum absolute atomic E-state index is 0.0438. The van der Waals surface area contributed by atoms with Crippen LogP contribution in [0.5, 0.6) is 17.4 Å². The number of carbonyl (C=O) groups is 1. The van der Waals surface area contributed by atoms with Crippen molar-refractivity contribution in [1.29, 1.82) is 0 Å². The highest BCUT2D eigenvalue weighted by atomic mass is 19.4. The average molecular weight is 407 g/mol. The normalized spacial score (nSPS) is 12.4. The zero-order valence-corrected chi connectivity index (χ0v) is 15.4. The number of alkyl halides is 3. The molecular weight excluding hydrogens is 391 g/mol. The summed E-state index contributed by atoms with van der Waals surface area (Å²) in [6.45, 7) is 1.54. The minimum atomic E-state index is -4.49. The molecule has 0 amide bonds. The highest BCUT2D eigenvalue weighted by Crippen LogP contribution is 2.31. The third-order valence-corrected chi connectivity index (χ3v) is 4.07. The molecule has 29 heavy (non-hydrogen) atoms. The SMILES string of the molecule is COC(=O)C(C)Oc1ccc(Oc2ccc3cc(C(F)(F)F)ccc3[n+]2[O-])cc1. The maximum atomic E-state index is 12.8. The molecule has 0 aliphatic carbocycles. The van der Waals surface area contributed by atoms with Crippen LogP contribution < -0.4 is 14.2 Å². The van der Waals surface area contributed by atoms with Crippen LogP contribution in [-0.4, -0.2) is 19.2 Å². The van der Waals surface area contributed by atoms with Crippen LogP contribution in [0.25, 0.3) is 10.9 Å². The van der Waals surface area contributed by atoms with E-state index in [9.17, 15) is 23.2 Å². The first-order valence-electron chi connectivity index (χ1n) is 8.45. The van der Waals surface area contributed by atoms with Crippen molar-refractivity contribution in [3.63, 3.8) is 0 Å². The molecule has 0 aliphatic heterocycles. The predicted molar refractivity (Wildman–Crippen MR) is 96.5 cm³/mol. The first kappa shape index (κ1) is 20.2. The molecule has 0 saturated carbocycles. The third kappa shape index (κ3) is 4.50. The van der Waals surface area contributed by atoms with Crippen LogP contribution in [-0.2, 0) is 15.7 Å². The number of rotatable bonds is 5. The summed E-state index contributed by atoms with van der Waals surface area (Å²) in [4.78, 5) is 11.4. The van der Waals surface area contributed by atoms with E-state index in [1.165, 1.54) is 38.3 Å². The molecule has 152 valence electrons. The summed E-state index contributed by atoms with van der Waals surface area (Å²) in [5.74, 6) is 0.0683. The van der Waals surface area contributed by atoms with Gasteiger partial charge >= 0.3 is 18.0 Å². The highest BCUT2D eigenvalue weighted by molar-refractivity contribution is 5.77. The Morgan fingerprint density at radius 3 is 2.31 bits per heavy atom. The van der Waals surface area contributed by atoms with Gasteiger partial charge in [-0.3, -0.25) is 0 Å². The lowest BCUT2D eigenvalue weighted by Crippen LogP contribution is -2.29. The van der Waals surface area contributed by atoms with Crippen molar-refractivity contribution in [2.24, 2.45) is 0 Å². The lowest BCUT2D eigenvalue weighted by atomic mass is 10.1. The fourth-order valence-corrected chi connectivity index (χ4v) is 2.60. The number of carbonyl (C=O) groups excluding carboxylic acids is 1. The molecule has 0 fully saturated rings. The lowest BCUT2D eigenvalue weighted by Gasteiger charge is -2.13. The largest absolute Gasteiger partial charge is 0.616 e. The summed E-state index contributed by atoms with van der Waals surface area (Å²) in [5, 5.41) is 12.6. The number of pyridine rings is 1. The lowest BCUT2D eigenvalue weighted by molar-refractivity contribution is -0.583. The minimum Gasteiger partial charge on any atom is -0.616 e. The first-order valence-corrected chi connectivity index (χ1v) is 8.45. The van der Waals surface area contributed by atoms with E-state index in [-0.39, 0.29) is 16.8 Å². The second-order valence-corrected chi connectivity index (χ2v) is 6.09. The van der Waals surface area contributed by atoms with E-state index < -0.39 is 23.8 Å². The van der Waals surface area contributed by atoms with Crippen molar-refractivity contribution in [1.82, 2.24) is 0 Å². The Morgan fingerprint density at radius 2 is 1.69 bits per heavy atom. The monoisotopic (exact) mass is 407 g/mol. The molecule has 0 aliphatic rings. The van der Waals surface area contributed by atoms with Gasteiger partial charge in [-0.25, -0.2) is 4.79 Å². The molecule has 3 aromatic rings. The maximum absolute atomic E-state index is 12.8. The first-order chi connectivity index (χ1) is 13.7. The molecule has 0 spiro atoms. The third-order valence-electron chi connectivity index (χ3n) is 4.07. The van der Waals surface area contributed by atoms with E-state index in [0.29, 0.717) is 16.2 Å². The van der Waals surface area contributed by atoms with Gasteiger partial charge in [-0.2, -0.15) is 13.2 Å². The Bertz CT molecular complexity index is 1030. The molecule has 1 unspecified atom stereocenters. The molecular formula is C20H16F3NO5. The van der Waals surface area contributed by atoms with Gasteiger partial charge in [0, 0.05) is 11.5 Å². The van der Waals surface area contributed by atoms with Crippen molar-refractivity contribution in [3.8, 4) is 17.4 Å². The predicted octanol–water partition coefficient (Wildman–Crippen LogP) is 4.22. The van der Waals surface area contributed by atoms with Crippen LogP contribution in [0, 0.1) is 5.21 Å².